The molecule has 1 amide bonds. The number of rotatable bonds is 5. The van der Waals surface area contributed by atoms with Crippen molar-refractivity contribution < 1.29 is 4.79 Å². The van der Waals surface area contributed by atoms with E-state index < -0.39 is 0 Å². The van der Waals surface area contributed by atoms with E-state index >= 15 is 0 Å². The number of aromatic amines is 1. The number of hydrogen-bond donors (Lipinski definition) is 1. The highest BCUT2D eigenvalue weighted by molar-refractivity contribution is 5.88. The fourth-order valence-corrected chi connectivity index (χ4v) is 4.76. The van der Waals surface area contributed by atoms with Crippen LogP contribution in [0.4, 0.5) is 0 Å². The van der Waals surface area contributed by atoms with Crippen LogP contribution >= 0.6 is 0 Å². The zero-order chi connectivity index (χ0) is 18.9. The average molecular weight is 377 g/mol. The van der Waals surface area contributed by atoms with E-state index in [0.29, 0.717) is 12.3 Å². The number of nitrogens with one attached hydrogen (secondary N) is 1. The van der Waals surface area contributed by atoms with Crippen LogP contribution < -0.4 is 0 Å². The predicted octanol–water partition coefficient (Wildman–Crippen LogP) is 4.11. The van der Waals surface area contributed by atoms with Crippen molar-refractivity contribution in [3.8, 4) is 0 Å². The molecule has 1 aromatic carbocycles. The van der Waals surface area contributed by atoms with E-state index in [2.05, 4.69) is 37.8 Å². The number of piperidine rings is 1. The maximum atomic E-state index is 13.0. The number of amides is 1. The van der Waals surface area contributed by atoms with E-state index in [1.165, 1.54) is 25.1 Å². The summed E-state index contributed by atoms with van der Waals surface area (Å²) in [4.78, 5) is 23.0. The summed E-state index contributed by atoms with van der Waals surface area (Å²) in [7, 11) is 0. The number of nitrogens with zero attached hydrogens (tertiary/aromatic N) is 3. The van der Waals surface area contributed by atoms with Crippen LogP contribution in [0.15, 0.2) is 42.9 Å². The van der Waals surface area contributed by atoms with Crippen LogP contribution in [-0.2, 0) is 17.8 Å². The van der Waals surface area contributed by atoms with Gasteiger partial charge in [0.15, 0.2) is 0 Å². The van der Waals surface area contributed by atoms with Gasteiger partial charge in [0.25, 0.3) is 0 Å². The Balaban J connectivity index is 1.28. The van der Waals surface area contributed by atoms with Crippen LogP contribution in [0.3, 0.4) is 0 Å². The summed E-state index contributed by atoms with van der Waals surface area (Å²) in [6, 6.07) is 8.20. The van der Waals surface area contributed by atoms with E-state index in [0.717, 1.165) is 54.9 Å². The van der Waals surface area contributed by atoms with Crippen LogP contribution in [0, 0.1) is 5.92 Å². The van der Waals surface area contributed by atoms with Crippen molar-refractivity contribution in [2.24, 2.45) is 5.92 Å². The summed E-state index contributed by atoms with van der Waals surface area (Å²) in [5.41, 5.74) is 2.19. The van der Waals surface area contributed by atoms with Crippen LogP contribution in [0.25, 0.3) is 10.9 Å². The van der Waals surface area contributed by atoms with Gasteiger partial charge in [-0.3, -0.25) is 4.79 Å². The first-order chi connectivity index (χ1) is 13.8. The molecule has 5 nitrogen and oxygen atoms in total. The molecule has 3 heterocycles. The number of imidazole rings is 1. The molecule has 28 heavy (non-hydrogen) atoms. The minimum absolute atomic E-state index is 0.228. The van der Waals surface area contributed by atoms with Crippen LogP contribution in [-0.4, -0.2) is 38.4 Å². The first-order valence-corrected chi connectivity index (χ1v) is 10.6. The van der Waals surface area contributed by atoms with Gasteiger partial charge in [-0.05, 0) is 43.2 Å². The zero-order valence-corrected chi connectivity index (χ0v) is 16.3. The third-order valence-corrected chi connectivity index (χ3v) is 6.58. The van der Waals surface area contributed by atoms with Gasteiger partial charge in [-0.2, -0.15) is 0 Å². The largest absolute Gasteiger partial charge is 0.361 e. The lowest BCUT2D eigenvalue weighted by Crippen LogP contribution is -2.40. The van der Waals surface area contributed by atoms with Gasteiger partial charge in [0.2, 0.25) is 5.91 Å². The van der Waals surface area contributed by atoms with Gasteiger partial charge in [0, 0.05) is 55.0 Å². The molecule has 0 bridgehead atoms. The second kappa shape index (κ2) is 7.46. The van der Waals surface area contributed by atoms with Gasteiger partial charge >= 0.3 is 0 Å². The molecular formula is C23H28N4O. The Morgan fingerprint density at radius 1 is 1.18 bits per heavy atom. The lowest BCUT2D eigenvalue weighted by molar-refractivity contribution is -0.131. The molecule has 1 N–H and O–H groups in total. The predicted molar refractivity (Wildman–Crippen MR) is 110 cm³/mol. The molecule has 1 atom stereocenters. The summed E-state index contributed by atoms with van der Waals surface area (Å²) < 4.78 is 2.35. The van der Waals surface area contributed by atoms with Gasteiger partial charge in [0.1, 0.15) is 5.82 Å². The van der Waals surface area contributed by atoms with Crippen molar-refractivity contribution in [2.75, 3.05) is 13.1 Å². The van der Waals surface area contributed by atoms with E-state index in [-0.39, 0.29) is 5.91 Å². The third kappa shape index (κ3) is 3.34. The number of benzene rings is 1. The molecule has 2 fully saturated rings. The topological polar surface area (TPSA) is 53.9 Å². The van der Waals surface area contributed by atoms with Crippen molar-refractivity contribution in [2.45, 2.75) is 51.0 Å². The average Bonchev–Trinajstić information content (AvgIpc) is 3.32. The maximum absolute atomic E-state index is 13.0. The second-order valence-corrected chi connectivity index (χ2v) is 8.45. The zero-order valence-electron chi connectivity index (χ0n) is 16.3. The fraction of sp³-hybridized carbons (Fsp3) is 0.478. The highest BCUT2D eigenvalue weighted by atomic mass is 16.2. The van der Waals surface area contributed by atoms with Gasteiger partial charge in [0.05, 0.1) is 6.42 Å². The molecule has 146 valence electrons. The van der Waals surface area contributed by atoms with Gasteiger partial charge in [-0.1, -0.05) is 24.6 Å². The molecular weight excluding hydrogens is 348 g/mol. The summed E-state index contributed by atoms with van der Waals surface area (Å²) >= 11 is 0. The first kappa shape index (κ1) is 17.5. The van der Waals surface area contributed by atoms with E-state index in [1.54, 1.807) is 0 Å². The number of para-hydroxylation sites is 1. The molecule has 1 unspecified atom stereocenters. The molecule has 0 spiro atoms. The quantitative estimate of drug-likeness (QED) is 0.728. The Bertz CT molecular complexity index is 968. The van der Waals surface area contributed by atoms with Crippen molar-refractivity contribution >= 4 is 16.8 Å². The minimum Gasteiger partial charge on any atom is -0.361 e. The van der Waals surface area contributed by atoms with Crippen LogP contribution in [0.5, 0.6) is 0 Å². The third-order valence-electron chi connectivity index (χ3n) is 6.58. The van der Waals surface area contributed by atoms with Crippen molar-refractivity contribution in [3.63, 3.8) is 0 Å². The molecule has 1 saturated carbocycles. The molecule has 0 radical (unpaired) electrons. The van der Waals surface area contributed by atoms with E-state index in [1.807, 2.05) is 24.5 Å². The maximum Gasteiger partial charge on any atom is 0.227 e. The first-order valence-electron chi connectivity index (χ1n) is 10.6. The van der Waals surface area contributed by atoms with Crippen molar-refractivity contribution in [1.82, 2.24) is 19.4 Å². The lowest BCUT2D eigenvalue weighted by atomic mass is 9.85. The lowest BCUT2D eigenvalue weighted by Gasteiger charge is -2.33. The number of H-pyrrole nitrogens is 1. The number of aromatic nitrogens is 3. The second-order valence-electron chi connectivity index (χ2n) is 8.45. The molecule has 5 rings (SSSR count). The van der Waals surface area contributed by atoms with Crippen molar-refractivity contribution in [3.05, 3.63) is 54.2 Å². The van der Waals surface area contributed by atoms with Gasteiger partial charge in [-0.15, -0.1) is 0 Å². The molecule has 2 aliphatic rings. The van der Waals surface area contributed by atoms with Crippen LogP contribution in [0.2, 0.25) is 0 Å². The molecule has 2 aromatic heterocycles. The Kier molecular flexibility index (Phi) is 4.67. The summed E-state index contributed by atoms with van der Waals surface area (Å²) in [6.45, 7) is 2.75. The monoisotopic (exact) mass is 376 g/mol. The number of fused-ring (bicyclic) bond motifs is 1. The Labute approximate surface area is 165 Å². The molecule has 1 aliphatic carbocycles. The fourth-order valence-electron chi connectivity index (χ4n) is 4.76. The highest BCUT2D eigenvalue weighted by Crippen LogP contribution is 2.31. The smallest absolute Gasteiger partial charge is 0.227 e. The number of carbonyl (C=O) groups is 1. The number of hydrogen-bond acceptors (Lipinski definition) is 2. The van der Waals surface area contributed by atoms with E-state index in [4.69, 9.17) is 0 Å². The Morgan fingerprint density at radius 2 is 2.07 bits per heavy atom. The highest BCUT2D eigenvalue weighted by Gasteiger charge is 2.28. The molecule has 1 aliphatic heterocycles. The van der Waals surface area contributed by atoms with Gasteiger partial charge in [-0.25, -0.2) is 4.98 Å². The minimum atomic E-state index is 0.228. The van der Waals surface area contributed by atoms with Crippen molar-refractivity contribution in [1.29, 1.82) is 0 Å². The summed E-state index contributed by atoms with van der Waals surface area (Å²) in [5, 5.41) is 1.15. The van der Waals surface area contributed by atoms with Crippen LogP contribution in [0.1, 0.15) is 49.4 Å². The Hall–Kier alpha value is -2.56. The Morgan fingerprint density at radius 3 is 2.93 bits per heavy atom. The van der Waals surface area contributed by atoms with Gasteiger partial charge < -0.3 is 14.5 Å². The normalized spacial score (nSPS) is 20.4. The standard InChI is InChI=1S/C23H28N4O/c28-22(13-19-14-25-21-9-2-1-8-20(19)21)26-11-4-7-18(16-26)23-24-10-12-27(23)15-17-5-3-6-17/h1-2,8-10,12,14,17-18,25H,3-7,11,13,15-16H2. The number of carbonyl (C=O) groups excluding carboxylic acids is 1. The van der Waals surface area contributed by atoms with E-state index in [9.17, 15) is 4.79 Å². The summed E-state index contributed by atoms with van der Waals surface area (Å²) in [6.07, 6.45) is 12.7. The SMILES string of the molecule is O=C(Cc1c[nH]c2ccccc12)N1CCCC(c2nccn2CC2CCC2)C1. The number of likely N-dealkylation sites (tertiary alicyclic amines) is 1. The summed E-state index contributed by atoms with van der Waals surface area (Å²) in [5.74, 6) is 2.58. The molecule has 3 aromatic rings. The molecule has 1 saturated heterocycles. The molecule has 5 heteroatoms.